The summed E-state index contributed by atoms with van der Waals surface area (Å²) in [5.41, 5.74) is 1.91. The van der Waals surface area contributed by atoms with E-state index in [4.69, 9.17) is 5.11 Å². The largest absolute Gasteiger partial charge is 0.481 e. The molecule has 0 radical (unpaired) electrons. The van der Waals surface area contributed by atoms with Crippen LogP contribution in [0.4, 0.5) is 0 Å². The molecular formula is C14H12N3O2S+. The van der Waals surface area contributed by atoms with Crippen LogP contribution < -0.4 is 4.57 Å². The van der Waals surface area contributed by atoms with E-state index in [-0.39, 0.29) is 6.42 Å². The van der Waals surface area contributed by atoms with Crippen molar-refractivity contribution in [2.24, 2.45) is 0 Å². The molecule has 100 valence electrons. The number of carboxylic acids is 1. The van der Waals surface area contributed by atoms with Crippen molar-refractivity contribution in [2.75, 3.05) is 0 Å². The highest BCUT2D eigenvalue weighted by Crippen LogP contribution is 2.27. The minimum atomic E-state index is -0.793. The van der Waals surface area contributed by atoms with Crippen molar-refractivity contribution < 1.29 is 14.5 Å². The second kappa shape index (κ2) is 5.34. The summed E-state index contributed by atoms with van der Waals surface area (Å²) in [6.07, 6.45) is 5.62. The summed E-state index contributed by atoms with van der Waals surface area (Å²) in [5, 5.41) is 9.58. The summed E-state index contributed by atoms with van der Waals surface area (Å²) in [6.45, 7) is 0.469. The smallest absolute Gasteiger partial charge is 0.309 e. The van der Waals surface area contributed by atoms with Gasteiger partial charge in [0, 0.05) is 23.9 Å². The predicted molar refractivity (Wildman–Crippen MR) is 75.3 cm³/mol. The predicted octanol–water partition coefficient (Wildman–Crippen LogP) is 2.12. The molecule has 0 spiro atoms. The number of hydrogen-bond donors (Lipinski definition) is 1. The summed E-state index contributed by atoms with van der Waals surface area (Å²) in [5.74, 6) is -0.793. The molecule has 5 nitrogen and oxygen atoms in total. The lowest BCUT2D eigenvalue weighted by Crippen LogP contribution is -2.33. The molecule has 1 N–H and O–H groups in total. The molecule has 0 saturated carbocycles. The second-order valence-electron chi connectivity index (χ2n) is 4.32. The van der Waals surface area contributed by atoms with Gasteiger partial charge in [-0.3, -0.25) is 4.79 Å². The molecule has 0 aliphatic carbocycles. The first-order valence-electron chi connectivity index (χ1n) is 6.15. The normalized spacial score (nSPS) is 10.8. The molecule has 0 aromatic carbocycles. The van der Waals surface area contributed by atoms with E-state index in [0.29, 0.717) is 6.54 Å². The topological polar surface area (TPSA) is 67.0 Å². The van der Waals surface area contributed by atoms with Gasteiger partial charge in [0.25, 0.3) is 0 Å². The van der Waals surface area contributed by atoms with Crippen LogP contribution in [-0.2, 0) is 11.3 Å². The maximum absolute atomic E-state index is 10.5. The van der Waals surface area contributed by atoms with E-state index in [1.165, 1.54) is 0 Å². The van der Waals surface area contributed by atoms with Crippen molar-refractivity contribution in [1.29, 1.82) is 0 Å². The fraction of sp³-hybridized carbons (Fsp3) is 0.143. The SMILES string of the molecule is O=C(O)CC[n+]1ccc(-c2nc3cccnc3s2)cc1. The van der Waals surface area contributed by atoms with Gasteiger partial charge in [-0.15, -0.1) is 0 Å². The van der Waals surface area contributed by atoms with Crippen molar-refractivity contribution in [1.82, 2.24) is 9.97 Å². The van der Waals surface area contributed by atoms with E-state index >= 15 is 0 Å². The van der Waals surface area contributed by atoms with Crippen molar-refractivity contribution in [2.45, 2.75) is 13.0 Å². The van der Waals surface area contributed by atoms with Crippen LogP contribution in [-0.4, -0.2) is 21.0 Å². The lowest BCUT2D eigenvalue weighted by atomic mass is 10.3. The van der Waals surface area contributed by atoms with Crippen LogP contribution in [0.2, 0.25) is 0 Å². The summed E-state index contributed by atoms with van der Waals surface area (Å²) in [6, 6.07) is 7.70. The number of aryl methyl sites for hydroxylation is 1. The first-order chi connectivity index (χ1) is 9.72. The Hall–Kier alpha value is -2.34. The van der Waals surface area contributed by atoms with E-state index < -0.39 is 5.97 Å². The van der Waals surface area contributed by atoms with Gasteiger partial charge in [0.1, 0.15) is 21.8 Å². The fourth-order valence-electron chi connectivity index (χ4n) is 1.87. The summed E-state index contributed by atoms with van der Waals surface area (Å²) < 4.78 is 1.85. The summed E-state index contributed by atoms with van der Waals surface area (Å²) in [4.78, 5) is 20.3. The average molecular weight is 286 g/mol. The number of carbonyl (C=O) groups is 1. The van der Waals surface area contributed by atoms with Crippen molar-refractivity contribution in [3.8, 4) is 10.6 Å². The molecule has 0 aliphatic rings. The number of thiazole rings is 1. The number of fused-ring (bicyclic) bond motifs is 1. The molecule has 3 aromatic rings. The van der Waals surface area contributed by atoms with Gasteiger partial charge in [-0.05, 0) is 12.1 Å². The third-order valence-electron chi connectivity index (χ3n) is 2.89. The van der Waals surface area contributed by atoms with Gasteiger partial charge in [0.2, 0.25) is 0 Å². The summed E-state index contributed by atoms with van der Waals surface area (Å²) in [7, 11) is 0. The van der Waals surface area contributed by atoms with Crippen molar-refractivity contribution in [3.63, 3.8) is 0 Å². The van der Waals surface area contributed by atoms with Gasteiger partial charge < -0.3 is 5.11 Å². The Labute approximate surface area is 119 Å². The van der Waals surface area contributed by atoms with Crippen LogP contribution in [0.5, 0.6) is 0 Å². The minimum absolute atomic E-state index is 0.120. The first kappa shape index (κ1) is 12.7. The molecule has 0 saturated heterocycles. The van der Waals surface area contributed by atoms with Gasteiger partial charge in [0.05, 0.1) is 0 Å². The monoisotopic (exact) mass is 286 g/mol. The highest BCUT2D eigenvalue weighted by Gasteiger charge is 2.09. The van der Waals surface area contributed by atoms with E-state index in [1.54, 1.807) is 17.5 Å². The molecule has 0 aliphatic heterocycles. The molecule has 0 amide bonds. The Bertz CT molecular complexity index is 719. The molecule has 0 unspecified atom stereocenters. The van der Waals surface area contributed by atoms with Crippen LogP contribution in [0.1, 0.15) is 6.42 Å². The van der Waals surface area contributed by atoms with E-state index in [1.807, 2.05) is 41.2 Å². The molecule has 6 heteroatoms. The standard InChI is InChI=1S/C14H11N3O2S/c18-12(19)5-9-17-7-3-10(4-8-17)13-16-11-2-1-6-15-14(11)20-13/h1-4,6-8H,5,9H2/p+1. The lowest BCUT2D eigenvalue weighted by molar-refractivity contribution is -0.695. The first-order valence-corrected chi connectivity index (χ1v) is 6.97. The third kappa shape index (κ3) is 2.65. The number of carboxylic acid groups (broad SMARTS) is 1. The average Bonchev–Trinajstić information content (AvgIpc) is 2.89. The number of hydrogen-bond acceptors (Lipinski definition) is 4. The Kier molecular flexibility index (Phi) is 3.39. The number of aliphatic carboxylic acids is 1. The highest BCUT2D eigenvalue weighted by molar-refractivity contribution is 7.21. The Morgan fingerprint density at radius 1 is 1.30 bits per heavy atom. The molecule has 0 fully saturated rings. The lowest BCUT2D eigenvalue weighted by Gasteiger charge is -1.96. The number of pyridine rings is 2. The third-order valence-corrected chi connectivity index (χ3v) is 3.92. The number of rotatable bonds is 4. The zero-order valence-electron chi connectivity index (χ0n) is 10.6. The maximum Gasteiger partial charge on any atom is 0.309 e. The number of aromatic nitrogens is 3. The van der Waals surface area contributed by atoms with Gasteiger partial charge >= 0.3 is 5.97 Å². The summed E-state index contributed by atoms with van der Waals surface area (Å²) >= 11 is 1.55. The zero-order chi connectivity index (χ0) is 13.9. The van der Waals surface area contributed by atoms with Crippen LogP contribution in [0.15, 0.2) is 42.9 Å². The van der Waals surface area contributed by atoms with Crippen molar-refractivity contribution in [3.05, 3.63) is 42.9 Å². The highest BCUT2D eigenvalue weighted by atomic mass is 32.1. The molecular weight excluding hydrogens is 274 g/mol. The minimum Gasteiger partial charge on any atom is -0.481 e. The van der Waals surface area contributed by atoms with Gasteiger partial charge in [-0.1, -0.05) is 11.3 Å². The molecule has 20 heavy (non-hydrogen) atoms. The van der Waals surface area contributed by atoms with Crippen LogP contribution in [0.3, 0.4) is 0 Å². The van der Waals surface area contributed by atoms with E-state index in [9.17, 15) is 4.79 Å². The quantitative estimate of drug-likeness (QED) is 0.746. The molecule has 0 bridgehead atoms. The van der Waals surface area contributed by atoms with E-state index in [0.717, 1.165) is 20.9 Å². The molecule has 3 rings (SSSR count). The Morgan fingerprint density at radius 3 is 2.80 bits per heavy atom. The molecule has 0 atom stereocenters. The van der Waals surface area contributed by atoms with Gasteiger partial charge in [-0.25, -0.2) is 14.5 Å². The zero-order valence-corrected chi connectivity index (χ0v) is 11.4. The van der Waals surface area contributed by atoms with Crippen LogP contribution in [0, 0.1) is 0 Å². The maximum atomic E-state index is 10.5. The van der Waals surface area contributed by atoms with E-state index in [2.05, 4.69) is 9.97 Å². The number of nitrogens with zero attached hydrogens (tertiary/aromatic N) is 3. The second-order valence-corrected chi connectivity index (χ2v) is 5.29. The van der Waals surface area contributed by atoms with Crippen LogP contribution in [0.25, 0.3) is 20.9 Å². The fourth-order valence-corrected chi connectivity index (χ4v) is 2.78. The van der Waals surface area contributed by atoms with Gasteiger partial charge in [0.15, 0.2) is 18.9 Å². The molecule has 3 aromatic heterocycles. The molecule has 3 heterocycles. The van der Waals surface area contributed by atoms with Crippen molar-refractivity contribution >= 4 is 27.7 Å². The Morgan fingerprint density at radius 2 is 2.10 bits per heavy atom. The Balaban J connectivity index is 1.85. The van der Waals surface area contributed by atoms with Crippen LogP contribution >= 0.6 is 11.3 Å². The van der Waals surface area contributed by atoms with Gasteiger partial charge in [-0.2, -0.15) is 0 Å².